The fourth-order valence-corrected chi connectivity index (χ4v) is 9.56. The summed E-state index contributed by atoms with van der Waals surface area (Å²) in [6.45, 7) is 5.61. The van der Waals surface area contributed by atoms with E-state index >= 15 is 0 Å². The quantitative estimate of drug-likeness (QED) is 0.123. The van der Waals surface area contributed by atoms with E-state index in [1.807, 2.05) is 60.7 Å². The number of nitrogens with one attached hydrogen (secondary N) is 3. The second-order valence-electron chi connectivity index (χ2n) is 16.0. The number of carboxylic acids is 1. The van der Waals surface area contributed by atoms with Gasteiger partial charge in [0.15, 0.2) is 0 Å². The first-order chi connectivity index (χ1) is 26.4. The molecule has 1 unspecified atom stereocenters. The lowest BCUT2D eigenvalue weighted by molar-refractivity contribution is -0.219. The van der Waals surface area contributed by atoms with Crippen LogP contribution in [0.25, 0.3) is 21.9 Å². The van der Waals surface area contributed by atoms with Crippen LogP contribution < -0.4 is 20.9 Å². The van der Waals surface area contributed by atoms with Crippen LogP contribution in [0, 0.1) is 16.7 Å². The number of ether oxygens (including phenoxy) is 1. The zero-order valence-electron chi connectivity index (χ0n) is 30.9. The molecule has 4 aromatic rings. The van der Waals surface area contributed by atoms with Gasteiger partial charge >= 0.3 is 12.1 Å². The number of nitrogens with zero attached hydrogens (tertiary/aromatic N) is 1. The molecule has 4 aromatic carbocycles. The zero-order valence-corrected chi connectivity index (χ0v) is 31.6. The molecule has 284 valence electrons. The highest BCUT2D eigenvalue weighted by Gasteiger charge is 2.76. The van der Waals surface area contributed by atoms with Crippen LogP contribution in [0.1, 0.15) is 68.6 Å². The molecule has 0 aromatic heterocycles. The van der Waals surface area contributed by atoms with Crippen LogP contribution in [-0.2, 0) is 23.9 Å². The highest BCUT2D eigenvalue weighted by molar-refractivity contribution is 6.19. The number of halogens is 1. The Kier molecular flexibility index (Phi) is 9.11. The van der Waals surface area contributed by atoms with Crippen molar-refractivity contribution in [2.24, 2.45) is 16.7 Å². The first kappa shape index (κ1) is 36.6. The van der Waals surface area contributed by atoms with Crippen LogP contribution in [0.4, 0.5) is 16.2 Å². The maximum Gasteiger partial charge on any atom is 0.407 e. The maximum absolute atomic E-state index is 14.0. The molecular weight excluding hydrogens is 720 g/mol. The van der Waals surface area contributed by atoms with Crippen molar-refractivity contribution in [3.8, 4) is 11.1 Å². The average Bonchev–Trinajstić information content (AvgIpc) is 3.67. The van der Waals surface area contributed by atoms with Gasteiger partial charge in [0.2, 0.25) is 17.7 Å². The second-order valence-corrected chi connectivity index (χ2v) is 16.3. The van der Waals surface area contributed by atoms with Gasteiger partial charge in [-0.1, -0.05) is 86.6 Å². The van der Waals surface area contributed by atoms with Crippen LogP contribution in [0.3, 0.4) is 0 Å². The molecule has 3 saturated carbocycles. The minimum absolute atomic E-state index is 0.0958. The number of anilines is 2. The van der Waals surface area contributed by atoms with Crippen molar-refractivity contribution in [2.75, 3.05) is 29.2 Å². The largest absolute Gasteiger partial charge is 0.481 e. The zero-order chi connectivity index (χ0) is 38.8. The number of rotatable bonds is 11. The monoisotopic (exact) mass is 762 g/mol. The van der Waals surface area contributed by atoms with Crippen LogP contribution in [-0.4, -0.2) is 66.0 Å². The number of carbonyl (C=O) groups excluding carboxylic acids is 4. The van der Waals surface area contributed by atoms with Crippen molar-refractivity contribution in [3.05, 3.63) is 95.6 Å². The van der Waals surface area contributed by atoms with Crippen molar-refractivity contribution in [3.63, 3.8) is 0 Å². The number of hydrogen-bond donors (Lipinski definition) is 4. The van der Waals surface area contributed by atoms with Crippen molar-refractivity contribution >= 4 is 63.5 Å². The molecule has 5 aliphatic rings. The van der Waals surface area contributed by atoms with Gasteiger partial charge in [-0.3, -0.25) is 19.2 Å². The molecule has 55 heavy (non-hydrogen) atoms. The Morgan fingerprint density at radius 3 is 2.04 bits per heavy atom. The van der Waals surface area contributed by atoms with Gasteiger partial charge in [-0.2, -0.15) is 0 Å². The molecule has 4 N–H and O–H groups in total. The summed E-state index contributed by atoms with van der Waals surface area (Å²) < 4.78 is 5.70. The maximum atomic E-state index is 14.0. The van der Waals surface area contributed by atoms with Gasteiger partial charge in [-0.05, 0) is 71.4 Å². The average molecular weight is 763 g/mol. The summed E-state index contributed by atoms with van der Waals surface area (Å²) in [6, 6.07) is 23.5. The Morgan fingerprint density at radius 1 is 0.836 bits per heavy atom. The van der Waals surface area contributed by atoms with E-state index in [1.54, 1.807) is 31.7 Å². The van der Waals surface area contributed by atoms with Gasteiger partial charge in [0.25, 0.3) is 0 Å². The van der Waals surface area contributed by atoms with Crippen molar-refractivity contribution in [1.82, 2.24) is 10.6 Å². The third-order valence-corrected chi connectivity index (χ3v) is 12.5. The molecule has 0 spiro atoms. The van der Waals surface area contributed by atoms with Crippen LogP contribution in [0.15, 0.2) is 78.9 Å². The fraction of sp³-hybridized carbons (Fsp3) is 0.372. The number of amides is 4. The summed E-state index contributed by atoms with van der Waals surface area (Å²) in [5, 5.41) is 19.7. The van der Waals surface area contributed by atoms with E-state index in [1.165, 1.54) is 0 Å². The highest BCUT2D eigenvalue weighted by Crippen LogP contribution is 2.74. The van der Waals surface area contributed by atoms with E-state index in [9.17, 15) is 29.1 Å². The topological polar surface area (TPSA) is 154 Å². The fourth-order valence-electron chi connectivity index (χ4n) is 9.31. The number of carbonyl (C=O) groups is 5. The summed E-state index contributed by atoms with van der Waals surface area (Å²) >= 11 is 6.46. The normalized spacial score (nSPS) is 22.7. The highest BCUT2D eigenvalue weighted by atomic mass is 35.5. The molecule has 1 heterocycles. The lowest BCUT2D eigenvalue weighted by Crippen LogP contribution is -2.70. The Balaban J connectivity index is 0.947. The lowest BCUT2D eigenvalue weighted by atomic mass is 9.34. The number of alkyl halides is 1. The molecular formula is C43H43ClN4O7. The molecule has 12 heteroatoms. The molecule has 3 fully saturated rings. The Hall–Kier alpha value is -5.42. The Morgan fingerprint density at radius 2 is 1.44 bits per heavy atom. The molecule has 4 amide bonds. The number of fused-ring (bicyclic) bond motifs is 6. The second kappa shape index (κ2) is 13.7. The Bertz CT molecular complexity index is 2210. The van der Waals surface area contributed by atoms with Crippen LogP contribution in [0.2, 0.25) is 0 Å². The SMILES string of the molecule is CC(C)C(NC(=O)OCC1c2ccccc2-c2ccccc21)C(=O)N[C@@H](C)C(=O)Nc1cc2c(c3ccccc13)[C@H](CCl)CN2C(=O)C12CC(C(=O)O)(C1)C2. The van der Waals surface area contributed by atoms with Crippen molar-refractivity contribution in [2.45, 2.75) is 64.0 Å². The van der Waals surface area contributed by atoms with Gasteiger partial charge in [0, 0.05) is 35.3 Å². The Labute approximate surface area is 323 Å². The molecule has 0 saturated heterocycles. The minimum Gasteiger partial charge on any atom is -0.481 e. The van der Waals surface area contributed by atoms with Gasteiger partial charge in [-0.15, -0.1) is 11.6 Å². The minimum atomic E-state index is -0.994. The molecule has 3 atom stereocenters. The summed E-state index contributed by atoms with van der Waals surface area (Å²) in [7, 11) is 0. The van der Waals surface area contributed by atoms with E-state index in [2.05, 4.69) is 28.1 Å². The predicted octanol–water partition coefficient (Wildman–Crippen LogP) is 6.77. The predicted molar refractivity (Wildman–Crippen MR) is 209 cm³/mol. The van der Waals surface area contributed by atoms with E-state index in [0.717, 1.165) is 38.6 Å². The van der Waals surface area contributed by atoms with Crippen molar-refractivity contribution < 1.29 is 33.8 Å². The lowest BCUT2D eigenvalue weighted by Gasteiger charge is -2.67. The smallest absolute Gasteiger partial charge is 0.407 e. The molecule has 9 rings (SSSR count). The van der Waals surface area contributed by atoms with Crippen LogP contribution in [0.5, 0.6) is 0 Å². The summed E-state index contributed by atoms with van der Waals surface area (Å²) in [6.07, 6.45) is 0.248. The summed E-state index contributed by atoms with van der Waals surface area (Å²) in [5.41, 5.74) is 4.90. The first-order valence-corrected chi connectivity index (χ1v) is 19.3. The molecule has 2 bridgehead atoms. The molecule has 4 aliphatic carbocycles. The first-order valence-electron chi connectivity index (χ1n) is 18.8. The summed E-state index contributed by atoms with van der Waals surface area (Å²) in [5.74, 6) is -2.31. The summed E-state index contributed by atoms with van der Waals surface area (Å²) in [4.78, 5) is 67.9. The van der Waals surface area contributed by atoms with E-state index in [4.69, 9.17) is 16.3 Å². The molecule has 1 aliphatic heterocycles. The number of alkyl carbamates (subject to hydrolysis) is 1. The van der Waals surface area contributed by atoms with Crippen molar-refractivity contribution in [1.29, 1.82) is 0 Å². The van der Waals surface area contributed by atoms with Gasteiger partial charge < -0.3 is 30.7 Å². The van der Waals surface area contributed by atoms with Gasteiger partial charge in [0.1, 0.15) is 18.7 Å². The number of aliphatic carboxylic acids is 1. The number of carboxylic acid groups (broad SMARTS) is 1. The third kappa shape index (κ3) is 6.00. The number of benzene rings is 4. The molecule has 11 nitrogen and oxygen atoms in total. The standard InChI is InChI=1S/C43H43ClN4O7/c1-23(2)36(47-41(54)55-19-32-28-12-6-4-10-26(28)27-11-5-7-13-29(27)32)38(50)45-24(3)37(49)46-33-16-34-35(31-15-9-8-14-30(31)33)25(17-44)18-48(34)39(51)42-20-43(21-42,22-42)40(52)53/h4-16,23-25,32,36H,17-22H2,1-3H3,(H,45,50)(H,46,49)(H,47,54)(H,52,53)/t24-,25+,36?,42?,43?/m0/s1. The van der Waals surface area contributed by atoms with E-state index < -0.39 is 46.8 Å². The van der Waals surface area contributed by atoms with E-state index in [0.29, 0.717) is 37.2 Å². The molecule has 0 radical (unpaired) electrons. The third-order valence-electron chi connectivity index (χ3n) is 12.1. The van der Waals surface area contributed by atoms with Gasteiger partial charge in [0.05, 0.1) is 16.5 Å². The van der Waals surface area contributed by atoms with E-state index in [-0.39, 0.29) is 36.1 Å². The van der Waals surface area contributed by atoms with Gasteiger partial charge in [-0.25, -0.2) is 4.79 Å². The van der Waals surface area contributed by atoms with Crippen LogP contribution >= 0.6 is 11.6 Å². The number of hydrogen-bond acceptors (Lipinski definition) is 6.